The van der Waals surface area contributed by atoms with Crippen LogP contribution in [0, 0.1) is 24.1 Å². The number of benzene rings is 3. The predicted molar refractivity (Wildman–Crippen MR) is 108 cm³/mol. The molecule has 4 rings (SSSR count). The summed E-state index contributed by atoms with van der Waals surface area (Å²) in [5, 5.41) is 9.57. The minimum atomic E-state index is -0.721. The number of aryl methyl sites for hydroxylation is 1. The fourth-order valence-corrected chi connectivity index (χ4v) is 3.38. The van der Waals surface area contributed by atoms with Gasteiger partial charge >= 0.3 is 5.97 Å². The number of hydrogen-bond donors (Lipinski definition) is 1. The fraction of sp³-hybridized carbons (Fsp3) is 0.0833. The Labute approximate surface area is 172 Å². The molecule has 1 heterocycles. The molecule has 6 heteroatoms. The van der Waals surface area contributed by atoms with Crippen LogP contribution in [0.1, 0.15) is 33.0 Å². The maximum absolute atomic E-state index is 14.5. The molecular weight excluding hydrogens is 383 g/mol. The van der Waals surface area contributed by atoms with Crippen molar-refractivity contribution in [3.8, 4) is 17.6 Å². The van der Waals surface area contributed by atoms with Crippen LogP contribution in [0.3, 0.4) is 0 Å². The number of halogens is 1. The van der Waals surface area contributed by atoms with Crippen LogP contribution in [0.15, 0.2) is 78.2 Å². The molecule has 3 aromatic carbocycles. The van der Waals surface area contributed by atoms with E-state index in [0.29, 0.717) is 22.4 Å². The average Bonchev–Trinajstić information content (AvgIpc) is 2.73. The Kier molecular flexibility index (Phi) is 4.95. The van der Waals surface area contributed by atoms with E-state index in [4.69, 9.17) is 15.2 Å². The van der Waals surface area contributed by atoms with Crippen LogP contribution in [-0.4, -0.2) is 5.97 Å². The van der Waals surface area contributed by atoms with Crippen molar-refractivity contribution in [2.24, 2.45) is 5.73 Å². The lowest BCUT2D eigenvalue weighted by atomic mass is 9.83. The number of allylic oxidation sites excluding steroid dienone is 1. The summed E-state index contributed by atoms with van der Waals surface area (Å²) in [5.74, 6) is -1.25. The molecule has 0 radical (unpaired) electrons. The molecule has 0 saturated carbocycles. The van der Waals surface area contributed by atoms with Gasteiger partial charge in [-0.2, -0.15) is 5.26 Å². The Balaban J connectivity index is 1.70. The summed E-state index contributed by atoms with van der Waals surface area (Å²) < 4.78 is 25.5. The molecule has 1 aliphatic rings. The van der Waals surface area contributed by atoms with Crippen LogP contribution < -0.4 is 15.2 Å². The van der Waals surface area contributed by atoms with E-state index in [1.807, 2.05) is 25.1 Å². The van der Waals surface area contributed by atoms with E-state index in [1.165, 1.54) is 12.1 Å². The highest BCUT2D eigenvalue weighted by atomic mass is 19.1. The van der Waals surface area contributed by atoms with E-state index in [1.54, 1.807) is 42.5 Å². The maximum atomic E-state index is 14.5. The van der Waals surface area contributed by atoms with E-state index in [-0.39, 0.29) is 17.2 Å². The van der Waals surface area contributed by atoms with Gasteiger partial charge in [0.25, 0.3) is 0 Å². The second-order valence-corrected chi connectivity index (χ2v) is 6.90. The first-order valence-electron chi connectivity index (χ1n) is 9.22. The molecule has 5 nitrogen and oxygen atoms in total. The third kappa shape index (κ3) is 3.49. The number of nitrogens with zero attached hydrogens (tertiary/aromatic N) is 1. The van der Waals surface area contributed by atoms with E-state index < -0.39 is 17.7 Å². The van der Waals surface area contributed by atoms with Crippen molar-refractivity contribution in [3.63, 3.8) is 0 Å². The lowest BCUT2D eigenvalue weighted by molar-refractivity contribution is 0.0734. The van der Waals surface area contributed by atoms with Gasteiger partial charge in [-0.25, -0.2) is 9.18 Å². The summed E-state index contributed by atoms with van der Waals surface area (Å²) in [6.07, 6.45) is 0. The van der Waals surface area contributed by atoms with E-state index in [0.717, 1.165) is 5.56 Å². The quantitative estimate of drug-likeness (QED) is 0.514. The highest BCUT2D eigenvalue weighted by Crippen LogP contribution is 2.44. The summed E-state index contributed by atoms with van der Waals surface area (Å²) >= 11 is 0. The first-order valence-corrected chi connectivity index (χ1v) is 9.22. The van der Waals surface area contributed by atoms with Gasteiger partial charge in [0.05, 0.1) is 11.5 Å². The van der Waals surface area contributed by atoms with Gasteiger partial charge in [0.15, 0.2) is 0 Å². The molecule has 0 fully saturated rings. The summed E-state index contributed by atoms with van der Waals surface area (Å²) in [6.45, 7) is 1.93. The van der Waals surface area contributed by atoms with Gasteiger partial charge < -0.3 is 15.2 Å². The number of nitriles is 1. The zero-order chi connectivity index (χ0) is 21.3. The van der Waals surface area contributed by atoms with Gasteiger partial charge in [-0.1, -0.05) is 42.0 Å². The molecule has 3 aromatic rings. The summed E-state index contributed by atoms with van der Waals surface area (Å²) in [7, 11) is 0. The van der Waals surface area contributed by atoms with Crippen LogP contribution >= 0.6 is 0 Å². The Morgan fingerprint density at radius 2 is 1.83 bits per heavy atom. The number of fused-ring (bicyclic) bond motifs is 1. The summed E-state index contributed by atoms with van der Waals surface area (Å²) in [5.41, 5.74) is 8.38. The van der Waals surface area contributed by atoms with Crippen molar-refractivity contribution >= 4 is 5.97 Å². The van der Waals surface area contributed by atoms with Crippen molar-refractivity contribution < 1.29 is 18.7 Å². The van der Waals surface area contributed by atoms with Crippen molar-refractivity contribution in [2.45, 2.75) is 12.8 Å². The van der Waals surface area contributed by atoms with Gasteiger partial charge in [-0.15, -0.1) is 0 Å². The van der Waals surface area contributed by atoms with Gasteiger partial charge in [-0.3, -0.25) is 0 Å². The topological polar surface area (TPSA) is 85.3 Å². The standard InChI is InChI=1S/C24H17FN2O3/c1-14-6-8-15(9-7-14)24(28)29-16-10-11-18-21(12-16)30-23(27)19(13-26)22(18)17-4-2-3-5-20(17)25/h2-12,22H,27H2,1H3. The number of hydrogen-bond acceptors (Lipinski definition) is 5. The molecule has 1 atom stereocenters. The first kappa shape index (κ1) is 19.2. The van der Waals surface area contributed by atoms with Crippen LogP contribution in [0.2, 0.25) is 0 Å². The number of esters is 1. The van der Waals surface area contributed by atoms with Crippen LogP contribution in [0.25, 0.3) is 0 Å². The molecule has 2 N–H and O–H groups in total. The second kappa shape index (κ2) is 7.72. The zero-order valence-corrected chi connectivity index (χ0v) is 16.1. The Bertz CT molecular complexity index is 1210. The molecule has 0 amide bonds. The van der Waals surface area contributed by atoms with Crippen molar-refractivity contribution in [1.82, 2.24) is 0 Å². The highest BCUT2D eigenvalue weighted by molar-refractivity contribution is 5.91. The van der Waals surface area contributed by atoms with Gasteiger partial charge in [0.1, 0.15) is 29.0 Å². The van der Waals surface area contributed by atoms with E-state index in [2.05, 4.69) is 0 Å². The molecule has 0 aromatic heterocycles. The molecule has 1 aliphatic heterocycles. The van der Waals surface area contributed by atoms with Crippen molar-refractivity contribution in [1.29, 1.82) is 5.26 Å². The zero-order valence-electron chi connectivity index (χ0n) is 16.1. The number of nitrogens with two attached hydrogens (primary N) is 1. The fourth-order valence-electron chi connectivity index (χ4n) is 3.38. The molecule has 0 aliphatic carbocycles. The number of carbonyl (C=O) groups is 1. The smallest absolute Gasteiger partial charge is 0.343 e. The number of ether oxygens (including phenoxy) is 2. The summed E-state index contributed by atoms with van der Waals surface area (Å²) in [6, 6.07) is 20.0. The van der Waals surface area contributed by atoms with Gasteiger partial charge in [0.2, 0.25) is 5.88 Å². The van der Waals surface area contributed by atoms with Crippen LogP contribution in [0.4, 0.5) is 4.39 Å². The molecule has 148 valence electrons. The largest absolute Gasteiger partial charge is 0.440 e. The SMILES string of the molecule is Cc1ccc(C(=O)Oc2ccc3c(c2)OC(N)=C(C#N)C3c2ccccc2F)cc1. The predicted octanol–water partition coefficient (Wildman–Crippen LogP) is 4.57. The van der Waals surface area contributed by atoms with Crippen molar-refractivity contribution in [2.75, 3.05) is 0 Å². The Morgan fingerprint density at radius 1 is 1.10 bits per heavy atom. The first-order chi connectivity index (χ1) is 14.5. The van der Waals surface area contributed by atoms with Crippen LogP contribution in [-0.2, 0) is 0 Å². The van der Waals surface area contributed by atoms with Gasteiger partial charge in [0, 0.05) is 17.2 Å². The molecule has 30 heavy (non-hydrogen) atoms. The Hall–Kier alpha value is -4.11. The van der Waals surface area contributed by atoms with E-state index in [9.17, 15) is 14.4 Å². The molecule has 0 bridgehead atoms. The third-order valence-corrected chi connectivity index (χ3v) is 4.90. The normalized spacial score (nSPS) is 15.0. The lowest BCUT2D eigenvalue weighted by Gasteiger charge is -2.27. The number of rotatable bonds is 3. The second-order valence-electron chi connectivity index (χ2n) is 6.90. The van der Waals surface area contributed by atoms with Crippen LogP contribution in [0.5, 0.6) is 11.5 Å². The molecule has 1 unspecified atom stereocenters. The third-order valence-electron chi connectivity index (χ3n) is 4.90. The Morgan fingerprint density at radius 3 is 2.53 bits per heavy atom. The monoisotopic (exact) mass is 400 g/mol. The summed E-state index contributed by atoms with van der Waals surface area (Å²) in [4.78, 5) is 12.4. The molecule has 0 saturated heterocycles. The molecule has 0 spiro atoms. The van der Waals surface area contributed by atoms with Gasteiger partial charge in [-0.05, 0) is 31.2 Å². The minimum absolute atomic E-state index is 0.111. The number of carbonyl (C=O) groups excluding carboxylic acids is 1. The molecular formula is C24H17FN2O3. The van der Waals surface area contributed by atoms with Crippen molar-refractivity contribution in [3.05, 3.63) is 106 Å². The maximum Gasteiger partial charge on any atom is 0.343 e. The highest BCUT2D eigenvalue weighted by Gasteiger charge is 2.32. The average molecular weight is 400 g/mol. The van der Waals surface area contributed by atoms with E-state index >= 15 is 0 Å². The minimum Gasteiger partial charge on any atom is -0.440 e. The lowest BCUT2D eigenvalue weighted by Crippen LogP contribution is -2.21.